The summed E-state index contributed by atoms with van der Waals surface area (Å²) < 4.78 is 40.0. The van der Waals surface area contributed by atoms with Crippen molar-refractivity contribution in [2.75, 3.05) is 55.7 Å². The van der Waals surface area contributed by atoms with Crippen molar-refractivity contribution in [1.82, 2.24) is 4.90 Å². The maximum Gasteiger partial charge on any atom is 0.253 e. The molecule has 0 aliphatic carbocycles. The average molecular weight is 496 g/mol. The number of rotatable bonds is 4. The van der Waals surface area contributed by atoms with E-state index in [0.717, 1.165) is 18.9 Å². The topological polar surface area (TPSA) is 66.2 Å². The van der Waals surface area contributed by atoms with Crippen molar-refractivity contribution in [2.24, 2.45) is 0 Å². The summed E-state index contributed by atoms with van der Waals surface area (Å²) in [6.45, 7) is 4.26. The molecule has 0 saturated carbocycles. The van der Waals surface area contributed by atoms with Gasteiger partial charge in [-0.05, 0) is 43.5 Å². The van der Waals surface area contributed by atoms with Crippen LogP contribution >= 0.6 is 0 Å². The molecule has 7 nitrogen and oxygen atoms in total. The molecule has 1 atom stereocenters. The minimum Gasteiger partial charge on any atom is -0.440 e. The first-order valence-corrected chi connectivity index (χ1v) is 12.4. The molecule has 3 aliphatic rings. The lowest BCUT2D eigenvalue weighted by Crippen LogP contribution is -2.42. The maximum absolute atomic E-state index is 14.1. The Morgan fingerprint density at radius 3 is 2.33 bits per heavy atom. The Morgan fingerprint density at radius 2 is 1.64 bits per heavy atom. The molecule has 36 heavy (non-hydrogen) atoms. The van der Waals surface area contributed by atoms with Gasteiger partial charge < -0.3 is 23.9 Å². The van der Waals surface area contributed by atoms with Gasteiger partial charge in [-0.2, -0.15) is 0 Å². The number of halogens is 2. The van der Waals surface area contributed by atoms with Crippen LogP contribution in [0.15, 0.2) is 45.6 Å². The predicted molar refractivity (Wildman–Crippen MR) is 132 cm³/mol. The van der Waals surface area contributed by atoms with Crippen LogP contribution in [0.1, 0.15) is 41.2 Å². The van der Waals surface area contributed by atoms with Gasteiger partial charge in [0.15, 0.2) is 11.3 Å². The lowest BCUT2D eigenvalue weighted by atomic mass is 9.97. The van der Waals surface area contributed by atoms with Crippen LogP contribution in [-0.2, 0) is 4.74 Å². The Kier molecular flexibility index (Phi) is 5.87. The van der Waals surface area contributed by atoms with Gasteiger partial charge in [-0.1, -0.05) is 0 Å². The Hall–Kier alpha value is -3.46. The molecule has 0 N–H and O–H groups in total. The van der Waals surface area contributed by atoms with Crippen LogP contribution in [-0.4, -0.2) is 56.7 Å². The standard InChI is InChI=1S/C27H27F2N3O4/c28-18-13-19(29)15-20(14-18)32-6-1-3-23(32)21-11-17(27(34)31-4-2-5-31)12-22-24(33)16-25(36-26(21)22)30-7-9-35-10-8-30/h11-16,23H,1-10H2/t23-/m0/s1. The Bertz CT molecular complexity index is 1360. The third-order valence-corrected chi connectivity index (χ3v) is 7.35. The molecule has 3 fully saturated rings. The minimum atomic E-state index is -0.650. The van der Waals surface area contributed by atoms with Crippen LogP contribution in [0.25, 0.3) is 11.0 Å². The van der Waals surface area contributed by atoms with Crippen LogP contribution in [0.2, 0.25) is 0 Å². The van der Waals surface area contributed by atoms with Crippen molar-refractivity contribution < 1.29 is 22.7 Å². The zero-order valence-electron chi connectivity index (χ0n) is 19.8. The van der Waals surface area contributed by atoms with E-state index in [4.69, 9.17) is 9.15 Å². The lowest BCUT2D eigenvalue weighted by Gasteiger charge is -2.32. The number of carbonyl (C=O) groups excluding carboxylic acids is 1. The summed E-state index contributed by atoms with van der Waals surface area (Å²) in [7, 11) is 0. The molecule has 3 aromatic rings. The summed E-state index contributed by atoms with van der Waals surface area (Å²) in [6, 6.07) is 8.07. The molecule has 9 heteroatoms. The van der Waals surface area contributed by atoms with Crippen LogP contribution in [0.5, 0.6) is 0 Å². The van der Waals surface area contributed by atoms with E-state index in [9.17, 15) is 18.4 Å². The van der Waals surface area contributed by atoms with Gasteiger partial charge in [-0.25, -0.2) is 8.78 Å². The highest BCUT2D eigenvalue weighted by atomic mass is 19.1. The third-order valence-electron chi connectivity index (χ3n) is 7.35. The fourth-order valence-corrected chi connectivity index (χ4v) is 5.39. The second-order valence-corrected chi connectivity index (χ2v) is 9.62. The van der Waals surface area contributed by atoms with Gasteiger partial charge in [-0.3, -0.25) is 9.59 Å². The molecule has 188 valence electrons. The van der Waals surface area contributed by atoms with Crippen LogP contribution < -0.4 is 15.2 Å². The van der Waals surface area contributed by atoms with Crippen molar-refractivity contribution in [3.63, 3.8) is 0 Å². The van der Waals surface area contributed by atoms with E-state index in [1.165, 1.54) is 18.2 Å². The number of hydrogen-bond acceptors (Lipinski definition) is 6. The van der Waals surface area contributed by atoms with Crippen molar-refractivity contribution in [3.8, 4) is 0 Å². The molecular weight excluding hydrogens is 468 g/mol. The van der Waals surface area contributed by atoms with Gasteiger partial charge in [0.2, 0.25) is 0 Å². The first-order valence-electron chi connectivity index (χ1n) is 12.4. The Morgan fingerprint density at radius 1 is 0.889 bits per heavy atom. The van der Waals surface area contributed by atoms with Crippen LogP contribution in [0, 0.1) is 11.6 Å². The molecule has 1 amide bonds. The van der Waals surface area contributed by atoms with E-state index < -0.39 is 11.6 Å². The zero-order valence-corrected chi connectivity index (χ0v) is 19.8. The first kappa shape index (κ1) is 23.0. The van der Waals surface area contributed by atoms with Crippen molar-refractivity contribution >= 4 is 28.4 Å². The zero-order chi connectivity index (χ0) is 24.8. The predicted octanol–water partition coefficient (Wildman–Crippen LogP) is 4.10. The number of likely N-dealkylation sites (tertiary alicyclic amines) is 1. The fourth-order valence-electron chi connectivity index (χ4n) is 5.39. The second-order valence-electron chi connectivity index (χ2n) is 9.62. The Balaban J connectivity index is 1.51. The number of anilines is 2. The number of amides is 1. The highest BCUT2D eigenvalue weighted by Crippen LogP contribution is 2.40. The molecule has 4 heterocycles. The van der Waals surface area contributed by atoms with Crippen molar-refractivity contribution in [2.45, 2.75) is 25.3 Å². The molecule has 0 unspecified atom stereocenters. The number of nitrogens with zero attached hydrogens (tertiary/aromatic N) is 3. The monoisotopic (exact) mass is 495 g/mol. The molecule has 0 spiro atoms. The van der Waals surface area contributed by atoms with E-state index in [-0.39, 0.29) is 17.4 Å². The third kappa shape index (κ3) is 4.11. The van der Waals surface area contributed by atoms with Gasteiger partial charge in [0.25, 0.3) is 5.91 Å². The number of hydrogen-bond donors (Lipinski definition) is 0. The van der Waals surface area contributed by atoms with E-state index in [2.05, 4.69) is 0 Å². The highest BCUT2D eigenvalue weighted by molar-refractivity contribution is 5.99. The minimum absolute atomic E-state index is 0.123. The number of ether oxygens (including phenoxy) is 1. The number of benzene rings is 2. The number of morpholine rings is 1. The van der Waals surface area contributed by atoms with Crippen LogP contribution in [0.3, 0.4) is 0 Å². The van der Waals surface area contributed by atoms with Gasteiger partial charge in [0.1, 0.15) is 17.2 Å². The van der Waals surface area contributed by atoms with Gasteiger partial charge in [0.05, 0.1) is 24.6 Å². The molecule has 1 aromatic heterocycles. The van der Waals surface area contributed by atoms with Gasteiger partial charge >= 0.3 is 0 Å². The molecule has 6 rings (SSSR count). The average Bonchev–Trinajstić information content (AvgIpc) is 3.32. The summed E-state index contributed by atoms with van der Waals surface area (Å²) in [4.78, 5) is 32.1. The lowest BCUT2D eigenvalue weighted by molar-refractivity contribution is 0.0652. The summed E-state index contributed by atoms with van der Waals surface area (Å²) in [5, 5.41) is 0.339. The van der Waals surface area contributed by atoms with Crippen molar-refractivity contribution in [1.29, 1.82) is 0 Å². The van der Waals surface area contributed by atoms with Gasteiger partial charge in [-0.15, -0.1) is 0 Å². The molecule has 0 radical (unpaired) electrons. The molecule has 0 bridgehead atoms. The normalized spacial score (nSPS) is 20.2. The molecular formula is C27H27F2N3O4. The van der Waals surface area contributed by atoms with E-state index in [1.54, 1.807) is 17.0 Å². The SMILES string of the molecule is O=C(c1cc([C@@H]2CCCN2c2cc(F)cc(F)c2)c2oc(N3CCOCC3)cc(=O)c2c1)N1CCC1. The number of carbonyl (C=O) groups is 1. The van der Waals surface area contributed by atoms with Crippen LogP contribution in [0.4, 0.5) is 20.4 Å². The summed E-state index contributed by atoms with van der Waals surface area (Å²) in [5.41, 5.74) is 1.73. The quantitative estimate of drug-likeness (QED) is 0.543. The highest BCUT2D eigenvalue weighted by Gasteiger charge is 2.32. The smallest absolute Gasteiger partial charge is 0.253 e. The summed E-state index contributed by atoms with van der Waals surface area (Å²) in [5.74, 6) is -0.964. The van der Waals surface area contributed by atoms with E-state index >= 15 is 0 Å². The Labute approximate surface area is 206 Å². The summed E-state index contributed by atoms with van der Waals surface area (Å²) in [6.07, 6.45) is 2.45. The second kappa shape index (κ2) is 9.20. The fraction of sp³-hybridized carbons (Fsp3) is 0.407. The number of fused-ring (bicyclic) bond motifs is 1. The van der Waals surface area contributed by atoms with Crippen molar-refractivity contribution in [3.05, 3.63) is 69.4 Å². The maximum atomic E-state index is 14.1. The van der Waals surface area contributed by atoms with Gasteiger partial charge in [0, 0.05) is 61.7 Å². The largest absolute Gasteiger partial charge is 0.440 e. The molecule has 3 saturated heterocycles. The molecule has 2 aromatic carbocycles. The summed E-state index contributed by atoms with van der Waals surface area (Å²) >= 11 is 0. The first-order chi connectivity index (χ1) is 17.5. The van der Waals surface area contributed by atoms with E-state index in [1.807, 2.05) is 9.80 Å². The molecule has 3 aliphatic heterocycles. The van der Waals surface area contributed by atoms with E-state index in [0.29, 0.717) is 86.0 Å².